The van der Waals surface area contributed by atoms with Gasteiger partial charge in [-0.25, -0.2) is 8.78 Å². The lowest BCUT2D eigenvalue weighted by atomic mass is 10.2. The fourth-order valence-electron chi connectivity index (χ4n) is 2.12. The van der Waals surface area contributed by atoms with Crippen molar-refractivity contribution in [2.45, 2.75) is 25.9 Å². The van der Waals surface area contributed by atoms with Gasteiger partial charge >= 0.3 is 0 Å². The number of halogens is 2. The molecular formula is C13H18F2N2. The fourth-order valence-corrected chi connectivity index (χ4v) is 2.12. The first-order chi connectivity index (χ1) is 8.15. The molecule has 0 amide bonds. The van der Waals surface area contributed by atoms with E-state index in [9.17, 15) is 8.78 Å². The Morgan fingerprint density at radius 2 is 2.18 bits per heavy atom. The average Bonchev–Trinajstić information content (AvgIpc) is 2.49. The summed E-state index contributed by atoms with van der Waals surface area (Å²) in [6.07, 6.45) is 1.04. The standard InChI is InChI=1S/C13H18F2N2/c1-10-4-6-17(7-5-16-10)9-11-8-12(14)2-3-13(11)15/h2-3,8,10,16H,4-7,9H2,1H3. The normalized spacial score (nSPS) is 22.4. The number of hydrogen-bond donors (Lipinski definition) is 1. The summed E-state index contributed by atoms with van der Waals surface area (Å²) in [6.45, 7) is 5.33. The van der Waals surface area contributed by atoms with Crippen molar-refractivity contribution < 1.29 is 8.78 Å². The molecule has 2 nitrogen and oxygen atoms in total. The van der Waals surface area contributed by atoms with Gasteiger partial charge < -0.3 is 5.32 Å². The quantitative estimate of drug-likeness (QED) is 0.852. The van der Waals surface area contributed by atoms with Gasteiger partial charge in [0.05, 0.1) is 0 Å². The second kappa shape index (κ2) is 5.56. The van der Waals surface area contributed by atoms with Crippen LogP contribution in [0.25, 0.3) is 0 Å². The van der Waals surface area contributed by atoms with E-state index in [1.54, 1.807) is 0 Å². The first-order valence-corrected chi connectivity index (χ1v) is 6.05. The van der Waals surface area contributed by atoms with Gasteiger partial charge in [-0.15, -0.1) is 0 Å². The number of benzene rings is 1. The van der Waals surface area contributed by atoms with Crippen molar-refractivity contribution in [2.24, 2.45) is 0 Å². The minimum Gasteiger partial charge on any atom is -0.313 e. The first-order valence-electron chi connectivity index (χ1n) is 6.05. The summed E-state index contributed by atoms with van der Waals surface area (Å²) in [5.41, 5.74) is 0.444. The topological polar surface area (TPSA) is 15.3 Å². The third kappa shape index (κ3) is 3.48. The molecule has 4 heteroatoms. The largest absolute Gasteiger partial charge is 0.313 e. The summed E-state index contributed by atoms with van der Waals surface area (Å²) >= 11 is 0. The Labute approximate surface area is 101 Å². The van der Waals surface area contributed by atoms with E-state index in [4.69, 9.17) is 0 Å². The molecular weight excluding hydrogens is 222 g/mol. The van der Waals surface area contributed by atoms with Gasteiger partial charge in [-0.05, 0) is 31.5 Å². The molecule has 1 unspecified atom stereocenters. The molecule has 1 heterocycles. The molecule has 1 aromatic rings. The smallest absolute Gasteiger partial charge is 0.127 e. The Bertz CT molecular complexity index is 382. The zero-order valence-corrected chi connectivity index (χ0v) is 10.0. The monoisotopic (exact) mass is 240 g/mol. The molecule has 1 aliphatic heterocycles. The van der Waals surface area contributed by atoms with E-state index < -0.39 is 0 Å². The van der Waals surface area contributed by atoms with Crippen LogP contribution < -0.4 is 5.32 Å². The summed E-state index contributed by atoms with van der Waals surface area (Å²) in [5, 5.41) is 3.38. The van der Waals surface area contributed by atoms with Crippen LogP contribution in [0.3, 0.4) is 0 Å². The maximum atomic E-state index is 13.5. The van der Waals surface area contributed by atoms with Gasteiger partial charge in [-0.3, -0.25) is 4.90 Å². The SMILES string of the molecule is CC1CCN(Cc2cc(F)ccc2F)CCN1. The highest BCUT2D eigenvalue weighted by Gasteiger charge is 2.15. The summed E-state index contributed by atoms with van der Waals surface area (Å²) in [7, 11) is 0. The van der Waals surface area contributed by atoms with Crippen LogP contribution in [-0.4, -0.2) is 30.6 Å². The number of hydrogen-bond acceptors (Lipinski definition) is 2. The van der Waals surface area contributed by atoms with Crippen molar-refractivity contribution in [3.05, 3.63) is 35.4 Å². The van der Waals surface area contributed by atoms with E-state index in [1.165, 1.54) is 12.1 Å². The van der Waals surface area contributed by atoms with Crippen molar-refractivity contribution in [1.29, 1.82) is 0 Å². The molecule has 0 aromatic heterocycles. The molecule has 0 saturated carbocycles. The van der Waals surface area contributed by atoms with Crippen molar-refractivity contribution >= 4 is 0 Å². The van der Waals surface area contributed by atoms with Gasteiger partial charge in [-0.1, -0.05) is 0 Å². The second-order valence-corrected chi connectivity index (χ2v) is 4.66. The van der Waals surface area contributed by atoms with Gasteiger partial charge in [-0.2, -0.15) is 0 Å². The zero-order chi connectivity index (χ0) is 12.3. The zero-order valence-electron chi connectivity index (χ0n) is 10.0. The highest BCUT2D eigenvalue weighted by atomic mass is 19.1. The van der Waals surface area contributed by atoms with Crippen LogP contribution in [0, 0.1) is 11.6 Å². The van der Waals surface area contributed by atoms with E-state index in [0.29, 0.717) is 18.2 Å². The molecule has 0 spiro atoms. The van der Waals surface area contributed by atoms with Gasteiger partial charge in [0.2, 0.25) is 0 Å². The highest BCUT2D eigenvalue weighted by molar-refractivity contribution is 5.18. The van der Waals surface area contributed by atoms with Crippen LogP contribution in [0.15, 0.2) is 18.2 Å². The molecule has 1 atom stereocenters. The van der Waals surface area contributed by atoms with Crippen LogP contribution in [0.2, 0.25) is 0 Å². The molecule has 17 heavy (non-hydrogen) atoms. The Kier molecular flexibility index (Phi) is 4.07. The molecule has 2 rings (SSSR count). The molecule has 94 valence electrons. The Morgan fingerprint density at radius 3 is 3.00 bits per heavy atom. The van der Waals surface area contributed by atoms with Crippen molar-refractivity contribution in [3.8, 4) is 0 Å². The number of nitrogens with zero attached hydrogens (tertiary/aromatic N) is 1. The van der Waals surface area contributed by atoms with Crippen molar-refractivity contribution in [1.82, 2.24) is 10.2 Å². The van der Waals surface area contributed by atoms with Crippen molar-refractivity contribution in [3.63, 3.8) is 0 Å². The predicted molar refractivity (Wildman–Crippen MR) is 63.7 cm³/mol. The Hall–Kier alpha value is -1.00. The van der Waals surface area contributed by atoms with Gasteiger partial charge in [0.1, 0.15) is 11.6 Å². The predicted octanol–water partition coefficient (Wildman–Crippen LogP) is 2.15. The maximum absolute atomic E-state index is 13.5. The van der Waals surface area contributed by atoms with Gasteiger partial charge in [0, 0.05) is 37.8 Å². The second-order valence-electron chi connectivity index (χ2n) is 4.66. The summed E-state index contributed by atoms with van der Waals surface area (Å²) in [5.74, 6) is -0.695. The summed E-state index contributed by atoms with van der Waals surface area (Å²) in [6, 6.07) is 4.14. The molecule has 1 saturated heterocycles. The van der Waals surface area contributed by atoms with Crippen LogP contribution in [0.5, 0.6) is 0 Å². The van der Waals surface area contributed by atoms with E-state index in [0.717, 1.165) is 32.1 Å². The first kappa shape index (κ1) is 12.5. The summed E-state index contributed by atoms with van der Waals surface area (Å²) < 4.78 is 26.5. The van der Waals surface area contributed by atoms with E-state index in [2.05, 4.69) is 17.1 Å². The summed E-state index contributed by atoms with van der Waals surface area (Å²) in [4.78, 5) is 2.16. The molecule has 0 bridgehead atoms. The van der Waals surface area contributed by atoms with Crippen LogP contribution >= 0.6 is 0 Å². The van der Waals surface area contributed by atoms with E-state index in [-0.39, 0.29) is 11.6 Å². The molecule has 1 N–H and O–H groups in total. The van der Waals surface area contributed by atoms with Gasteiger partial charge in [0.15, 0.2) is 0 Å². The Morgan fingerprint density at radius 1 is 1.35 bits per heavy atom. The number of rotatable bonds is 2. The fraction of sp³-hybridized carbons (Fsp3) is 0.538. The third-order valence-electron chi connectivity index (χ3n) is 3.20. The minimum atomic E-state index is -0.372. The van der Waals surface area contributed by atoms with E-state index in [1.807, 2.05) is 0 Å². The lowest BCUT2D eigenvalue weighted by Crippen LogP contribution is -2.29. The lowest BCUT2D eigenvalue weighted by Gasteiger charge is -2.19. The molecule has 1 aliphatic rings. The molecule has 0 radical (unpaired) electrons. The lowest BCUT2D eigenvalue weighted by molar-refractivity contribution is 0.278. The number of nitrogens with one attached hydrogen (secondary N) is 1. The van der Waals surface area contributed by atoms with Gasteiger partial charge in [0.25, 0.3) is 0 Å². The Balaban J connectivity index is 2.02. The van der Waals surface area contributed by atoms with Crippen LogP contribution in [0.4, 0.5) is 8.78 Å². The van der Waals surface area contributed by atoms with E-state index >= 15 is 0 Å². The van der Waals surface area contributed by atoms with Crippen LogP contribution in [-0.2, 0) is 6.54 Å². The van der Waals surface area contributed by atoms with Crippen molar-refractivity contribution in [2.75, 3.05) is 19.6 Å². The maximum Gasteiger partial charge on any atom is 0.127 e. The molecule has 1 fully saturated rings. The minimum absolute atomic E-state index is 0.323. The van der Waals surface area contributed by atoms with Crippen LogP contribution in [0.1, 0.15) is 18.9 Å². The average molecular weight is 240 g/mol. The highest BCUT2D eigenvalue weighted by Crippen LogP contribution is 2.13. The third-order valence-corrected chi connectivity index (χ3v) is 3.20. The molecule has 1 aromatic carbocycles. The molecule has 0 aliphatic carbocycles.